The maximum atomic E-state index is 11.0. The van der Waals surface area contributed by atoms with Crippen molar-refractivity contribution in [2.24, 2.45) is 0 Å². The summed E-state index contributed by atoms with van der Waals surface area (Å²) in [5, 5.41) is 0. The minimum Gasteiger partial charge on any atom is -0.493 e. The Labute approximate surface area is 108 Å². The Hall–Kier alpha value is -1.77. The molecule has 1 aromatic rings. The number of unbranched alkanes of at least 4 members (excludes halogenated alkanes) is 1. The van der Waals surface area contributed by atoms with Crippen molar-refractivity contribution in [3.63, 3.8) is 0 Å². The average Bonchev–Trinajstić information content (AvgIpc) is 2.39. The summed E-state index contributed by atoms with van der Waals surface area (Å²) >= 11 is 0. The van der Waals surface area contributed by atoms with Crippen LogP contribution in [0.3, 0.4) is 0 Å². The van der Waals surface area contributed by atoms with Crippen molar-refractivity contribution in [1.82, 2.24) is 0 Å². The van der Waals surface area contributed by atoms with Gasteiger partial charge in [-0.15, -0.1) is 0 Å². The molecule has 0 amide bonds. The molecule has 0 N–H and O–H groups in total. The van der Waals surface area contributed by atoms with Crippen molar-refractivity contribution < 1.29 is 14.3 Å². The second-order valence-electron chi connectivity index (χ2n) is 4.08. The van der Waals surface area contributed by atoms with Crippen molar-refractivity contribution in [3.8, 4) is 5.75 Å². The maximum Gasteiger partial charge on any atom is 0.330 e. The van der Waals surface area contributed by atoms with E-state index < -0.39 is 0 Å². The third-order valence-electron chi connectivity index (χ3n) is 2.58. The number of carbonyl (C=O) groups is 1. The van der Waals surface area contributed by atoms with E-state index in [-0.39, 0.29) is 5.97 Å². The van der Waals surface area contributed by atoms with Gasteiger partial charge >= 0.3 is 5.97 Å². The van der Waals surface area contributed by atoms with Crippen LogP contribution in [0.25, 0.3) is 6.08 Å². The van der Waals surface area contributed by atoms with E-state index in [9.17, 15) is 4.79 Å². The van der Waals surface area contributed by atoms with Gasteiger partial charge < -0.3 is 9.47 Å². The van der Waals surface area contributed by atoms with Crippen LogP contribution in [-0.2, 0) is 9.53 Å². The molecule has 3 heteroatoms. The van der Waals surface area contributed by atoms with Crippen molar-refractivity contribution in [2.75, 3.05) is 13.7 Å². The first kappa shape index (κ1) is 14.3. The highest BCUT2D eigenvalue weighted by atomic mass is 16.5. The third kappa shape index (κ3) is 4.62. The lowest BCUT2D eigenvalue weighted by molar-refractivity contribution is -0.134. The van der Waals surface area contributed by atoms with Gasteiger partial charge in [0.25, 0.3) is 0 Å². The summed E-state index contributed by atoms with van der Waals surface area (Å²) in [7, 11) is 1.36. The fraction of sp³-hybridized carbons (Fsp3) is 0.400. The topological polar surface area (TPSA) is 35.5 Å². The van der Waals surface area contributed by atoms with Crippen LogP contribution in [0.4, 0.5) is 0 Å². The molecule has 98 valence electrons. The maximum absolute atomic E-state index is 11.0. The molecular formula is C15H20O3. The van der Waals surface area contributed by atoms with Crippen molar-refractivity contribution in [1.29, 1.82) is 0 Å². The number of carbonyl (C=O) groups excluding carboxylic acids is 1. The zero-order chi connectivity index (χ0) is 13.4. The summed E-state index contributed by atoms with van der Waals surface area (Å²) in [5.41, 5.74) is 2.03. The van der Waals surface area contributed by atoms with Gasteiger partial charge in [0.2, 0.25) is 0 Å². The van der Waals surface area contributed by atoms with Crippen molar-refractivity contribution in [3.05, 3.63) is 35.4 Å². The van der Waals surface area contributed by atoms with E-state index in [1.54, 1.807) is 6.08 Å². The average molecular weight is 248 g/mol. The Balaban J connectivity index is 2.73. The Morgan fingerprint density at radius 2 is 2.17 bits per heavy atom. The molecule has 0 aliphatic rings. The van der Waals surface area contributed by atoms with Gasteiger partial charge in [0.05, 0.1) is 13.7 Å². The third-order valence-corrected chi connectivity index (χ3v) is 2.58. The van der Waals surface area contributed by atoms with Gasteiger partial charge in [-0.2, -0.15) is 0 Å². The quantitative estimate of drug-likeness (QED) is 0.440. The van der Waals surface area contributed by atoms with E-state index in [0.717, 1.165) is 36.3 Å². The fourth-order valence-corrected chi connectivity index (χ4v) is 1.43. The minimum absolute atomic E-state index is 0.357. The standard InChI is InChI=1S/C15H20O3/c1-4-5-10-18-14-11-13(7-6-12(14)2)8-9-15(16)17-3/h6-9,11H,4-5,10H2,1-3H3/b9-8+. The molecular weight excluding hydrogens is 228 g/mol. The molecule has 0 fully saturated rings. The van der Waals surface area contributed by atoms with Gasteiger partial charge in [-0.1, -0.05) is 25.5 Å². The number of aryl methyl sites for hydroxylation is 1. The van der Waals surface area contributed by atoms with Crippen LogP contribution in [0.5, 0.6) is 5.75 Å². The highest BCUT2D eigenvalue weighted by molar-refractivity contribution is 5.87. The Kier molecular flexibility index (Phi) is 5.98. The first-order valence-electron chi connectivity index (χ1n) is 6.17. The first-order valence-corrected chi connectivity index (χ1v) is 6.17. The second kappa shape index (κ2) is 7.54. The van der Waals surface area contributed by atoms with Gasteiger partial charge in [0, 0.05) is 6.08 Å². The number of hydrogen-bond donors (Lipinski definition) is 0. The number of hydrogen-bond acceptors (Lipinski definition) is 3. The highest BCUT2D eigenvalue weighted by Gasteiger charge is 2.00. The summed E-state index contributed by atoms with van der Waals surface area (Å²) in [5.74, 6) is 0.513. The van der Waals surface area contributed by atoms with E-state index in [1.165, 1.54) is 13.2 Å². The highest BCUT2D eigenvalue weighted by Crippen LogP contribution is 2.20. The van der Waals surface area contributed by atoms with E-state index >= 15 is 0 Å². The van der Waals surface area contributed by atoms with Gasteiger partial charge in [0.1, 0.15) is 5.75 Å². The molecule has 0 aromatic heterocycles. The van der Waals surface area contributed by atoms with Crippen LogP contribution in [0.15, 0.2) is 24.3 Å². The van der Waals surface area contributed by atoms with Crippen LogP contribution in [0.2, 0.25) is 0 Å². The molecule has 0 saturated carbocycles. The van der Waals surface area contributed by atoms with Crippen LogP contribution in [0, 0.1) is 6.92 Å². The number of ether oxygens (including phenoxy) is 2. The molecule has 0 bridgehead atoms. The zero-order valence-corrected chi connectivity index (χ0v) is 11.2. The molecule has 18 heavy (non-hydrogen) atoms. The lowest BCUT2D eigenvalue weighted by Crippen LogP contribution is -1.98. The zero-order valence-electron chi connectivity index (χ0n) is 11.2. The lowest BCUT2D eigenvalue weighted by Gasteiger charge is -2.09. The van der Waals surface area contributed by atoms with Crippen LogP contribution < -0.4 is 4.74 Å². The molecule has 3 nitrogen and oxygen atoms in total. The summed E-state index contributed by atoms with van der Waals surface area (Å²) < 4.78 is 10.2. The molecule has 0 unspecified atom stereocenters. The predicted molar refractivity (Wildman–Crippen MR) is 72.6 cm³/mol. The van der Waals surface area contributed by atoms with Crippen LogP contribution in [-0.4, -0.2) is 19.7 Å². The molecule has 0 aliphatic heterocycles. The summed E-state index contributed by atoms with van der Waals surface area (Å²) in [6, 6.07) is 5.87. The molecule has 0 saturated heterocycles. The van der Waals surface area contributed by atoms with Gasteiger partial charge in [-0.25, -0.2) is 4.79 Å². The van der Waals surface area contributed by atoms with Crippen molar-refractivity contribution >= 4 is 12.0 Å². The number of methoxy groups -OCH3 is 1. The predicted octanol–water partition coefficient (Wildman–Crippen LogP) is 3.36. The molecule has 0 aliphatic carbocycles. The molecule has 1 aromatic carbocycles. The Bertz CT molecular complexity index is 422. The monoisotopic (exact) mass is 248 g/mol. The summed E-state index contributed by atoms with van der Waals surface area (Å²) in [4.78, 5) is 11.0. The van der Waals surface area contributed by atoms with Gasteiger partial charge in [-0.3, -0.25) is 0 Å². The van der Waals surface area contributed by atoms with Crippen LogP contribution in [0.1, 0.15) is 30.9 Å². The van der Waals surface area contributed by atoms with Crippen molar-refractivity contribution in [2.45, 2.75) is 26.7 Å². The Morgan fingerprint density at radius 3 is 2.83 bits per heavy atom. The molecule has 0 radical (unpaired) electrons. The second-order valence-corrected chi connectivity index (χ2v) is 4.08. The summed E-state index contributed by atoms with van der Waals surface area (Å²) in [6.45, 7) is 4.86. The van der Waals surface area contributed by atoms with Gasteiger partial charge in [0.15, 0.2) is 0 Å². The van der Waals surface area contributed by atoms with E-state index in [1.807, 2.05) is 25.1 Å². The first-order chi connectivity index (χ1) is 8.67. The van der Waals surface area contributed by atoms with Crippen LogP contribution >= 0.6 is 0 Å². The molecule has 0 heterocycles. The van der Waals surface area contributed by atoms with E-state index in [0.29, 0.717) is 0 Å². The smallest absolute Gasteiger partial charge is 0.330 e. The number of esters is 1. The normalized spacial score (nSPS) is 10.6. The molecule has 0 spiro atoms. The number of benzene rings is 1. The molecule has 1 rings (SSSR count). The SMILES string of the molecule is CCCCOc1cc(/C=C/C(=O)OC)ccc1C. The lowest BCUT2D eigenvalue weighted by atomic mass is 10.1. The van der Waals surface area contributed by atoms with Gasteiger partial charge in [-0.05, 0) is 36.6 Å². The van der Waals surface area contributed by atoms with E-state index in [4.69, 9.17) is 4.74 Å². The van der Waals surface area contributed by atoms with E-state index in [2.05, 4.69) is 11.7 Å². The Morgan fingerprint density at radius 1 is 1.39 bits per heavy atom. The molecule has 0 atom stereocenters. The summed E-state index contributed by atoms with van der Waals surface area (Å²) in [6.07, 6.45) is 5.28. The largest absolute Gasteiger partial charge is 0.493 e. The fourth-order valence-electron chi connectivity index (χ4n) is 1.43. The minimum atomic E-state index is -0.357. The number of rotatable bonds is 6.